The number of hydrogen-bond acceptors (Lipinski definition) is 3. The molecule has 1 fully saturated rings. The van der Waals surface area contributed by atoms with E-state index in [9.17, 15) is 0 Å². The smallest absolute Gasteiger partial charge is 0.0318 e. The molecular weight excluding hydrogens is 290 g/mol. The van der Waals surface area contributed by atoms with Gasteiger partial charge in [-0.05, 0) is 44.7 Å². The summed E-state index contributed by atoms with van der Waals surface area (Å²) in [6, 6.07) is 6.03. The lowest BCUT2D eigenvalue weighted by Crippen LogP contribution is -2.57. The van der Waals surface area contributed by atoms with Gasteiger partial charge in [0.2, 0.25) is 0 Å². The Bertz CT molecular complexity index is 431. The van der Waals surface area contributed by atoms with Gasteiger partial charge in [0.05, 0.1) is 0 Å². The van der Waals surface area contributed by atoms with Gasteiger partial charge in [-0.1, -0.05) is 15.9 Å². The van der Waals surface area contributed by atoms with E-state index in [0.29, 0.717) is 0 Å². The molecule has 1 saturated heterocycles. The van der Waals surface area contributed by atoms with Gasteiger partial charge >= 0.3 is 0 Å². The summed E-state index contributed by atoms with van der Waals surface area (Å²) in [6.07, 6.45) is 0. The Balaban J connectivity index is 2.08. The monoisotopic (exact) mass is 311 g/mol. The third-order valence-corrected chi connectivity index (χ3v) is 4.63. The van der Waals surface area contributed by atoms with Crippen molar-refractivity contribution in [1.82, 2.24) is 9.80 Å². The van der Waals surface area contributed by atoms with Gasteiger partial charge < -0.3 is 5.73 Å². The van der Waals surface area contributed by atoms with E-state index >= 15 is 0 Å². The Hall–Kier alpha value is -0.580. The molecule has 2 rings (SSSR count). The lowest BCUT2D eigenvalue weighted by atomic mass is 9.99. The predicted molar refractivity (Wildman–Crippen MR) is 80.5 cm³/mol. The zero-order valence-electron chi connectivity index (χ0n) is 11.4. The van der Waals surface area contributed by atoms with Crippen LogP contribution in [0.5, 0.6) is 0 Å². The lowest BCUT2D eigenvalue weighted by molar-refractivity contribution is 0.0359. The third kappa shape index (κ3) is 3.05. The molecule has 0 saturated carbocycles. The van der Waals surface area contributed by atoms with E-state index in [1.165, 1.54) is 5.56 Å². The first-order chi connectivity index (χ1) is 8.38. The molecule has 0 aromatic heterocycles. The molecule has 1 aliphatic rings. The van der Waals surface area contributed by atoms with Crippen molar-refractivity contribution in [3.8, 4) is 0 Å². The van der Waals surface area contributed by atoms with E-state index < -0.39 is 0 Å². The van der Waals surface area contributed by atoms with Gasteiger partial charge in [-0.3, -0.25) is 9.80 Å². The molecule has 1 heterocycles. The molecular formula is C14H22BrN3. The minimum atomic E-state index is 0.241. The number of nitrogens with zero attached hydrogens (tertiary/aromatic N) is 2. The molecule has 1 aliphatic heterocycles. The summed E-state index contributed by atoms with van der Waals surface area (Å²) in [4.78, 5) is 4.93. The summed E-state index contributed by atoms with van der Waals surface area (Å²) in [5.41, 5.74) is 8.21. The number of benzene rings is 1. The van der Waals surface area contributed by atoms with Crippen LogP contribution in [0.25, 0.3) is 0 Å². The van der Waals surface area contributed by atoms with E-state index in [1.54, 1.807) is 0 Å². The Morgan fingerprint density at radius 2 is 2.06 bits per heavy atom. The normalized spacial score (nSPS) is 21.1. The van der Waals surface area contributed by atoms with Crippen LogP contribution in [0.1, 0.15) is 19.4 Å². The fraction of sp³-hybridized carbons (Fsp3) is 0.571. The van der Waals surface area contributed by atoms with Gasteiger partial charge in [0.15, 0.2) is 0 Å². The summed E-state index contributed by atoms with van der Waals surface area (Å²) < 4.78 is 1.15. The van der Waals surface area contributed by atoms with Crippen molar-refractivity contribution in [2.24, 2.45) is 0 Å². The Kier molecular flexibility index (Phi) is 3.99. The molecule has 0 atom stereocenters. The van der Waals surface area contributed by atoms with Crippen LogP contribution < -0.4 is 5.73 Å². The second-order valence-electron chi connectivity index (χ2n) is 5.80. The molecule has 1 aromatic rings. The number of rotatable bonds is 2. The van der Waals surface area contributed by atoms with Crippen molar-refractivity contribution in [3.63, 3.8) is 0 Å². The number of anilines is 1. The number of nitrogens with two attached hydrogens (primary N) is 1. The molecule has 0 amide bonds. The Morgan fingerprint density at radius 1 is 1.33 bits per heavy atom. The SMILES string of the molecule is CN1CCN(Cc2cc(N)ccc2Br)CC1(C)C. The van der Waals surface area contributed by atoms with Crippen molar-refractivity contribution < 1.29 is 0 Å². The Morgan fingerprint density at radius 3 is 2.72 bits per heavy atom. The molecule has 100 valence electrons. The first-order valence-corrected chi connectivity index (χ1v) is 7.15. The average molecular weight is 312 g/mol. The van der Waals surface area contributed by atoms with Crippen LogP contribution in [0.2, 0.25) is 0 Å². The van der Waals surface area contributed by atoms with Crippen molar-refractivity contribution in [3.05, 3.63) is 28.2 Å². The van der Waals surface area contributed by atoms with Gasteiger partial charge in [0.25, 0.3) is 0 Å². The molecule has 0 spiro atoms. The molecule has 0 aliphatic carbocycles. The maximum Gasteiger partial charge on any atom is 0.0318 e. The highest BCUT2D eigenvalue weighted by atomic mass is 79.9. The first-order valence-electron chi connectivity index (χ1n) is 6.36. The predicted octanol–water partition coefficient (Wildman–Crippen LogP) is 2.56. The summed E-state index contributed by atoms with van der Waals surface area (Å²) >= 11 is 3.61. The van der Waals surface area contributed by atoms with Crippen molar-refractivity contribution >= 4 is 21.6 Å². The minimum Gasteiger partial charge on any atom is -0.399 e. The summed E-state index contributed by atoms with van der Waals surface area (Å²) in [6.45, 7) is 8.88. The molecule has 0 radical (unpaired) electrons. The third-order valence-electron chi connectivity index (χ3n) is 3.86. The van der Waals surface area contributed by atoms with E-state index in [4.69, 9.17) is 5.73 Å². The second-order valence-corrected chi connectivity index (χ2v) is 6.65. The zero-order valence-corrected chi connectivity index (χ0v) is 13.0. The number of hydrogen-bond donors (Lipinski definition) is 1. The number of nitrogen functional groups attached to an aromatic ring is 1. The maximum absolute atomic E-state index is 5.86. The van der Waals surface area contributed by atoms with Crippen LogP contribution in [0.4, 0.5) is 5.69 Å². The van der Waals surface area contributed by atoms with E-state index in [2.05, 4.69) is 52.7 Å². The van der Waals surface area contributed by atoms with Crippen LogP contribution in [0.15, 0.2) is 22.7 Å². The molecule has 2 N–H and O–H groups in total. The Labute approximate surface area is 118 Å². The van der Waals surface area contributed by atoms with E-state index in [1.807, 2.05) is 12.1 Å². The quantitative estimate of drug-likeness (QED) is 0.852. The maximum atomic E-state index is 5.86. The van der Waals surface area contributed by atoms with Gasteiger partial charge in [-0.2, -0.15) is 0 Å². The highest BCUT2D eigenvalue weighted by molar-refractivity contribution is 9.10. The van der Waals surface area contributed by atoms with Crippen LogP contribution in [0, 0.1) is 0 Å². The van der Waals surface area contributed by atoms with Gasteiger partial charge in [-0.25, -0.2) is 0 Å². The van der Waals surface area contributed by atoms with Gasteiger partial charge in [0, 0.05) is 41.9 Å². The number of likely N-dealkylation sites (N-methyl/N-ethyl adjacent to an activating group) is 1. The van der Waals surface area contributed by atoms with Gasteiger partial charge in [-0.15, -0.1) is 0 Å². The summed E-state index contributed by atoms with van der Waals surface area (Å²) in [5.74, 6) is 0. The fourth-order valence-electron chi connectivity index (χ4n) is 2.43. The topological polar surface area (TPSA) is 32.5 Å². The second kappa shape index (κ2) is 5.19. The van der Waals surface area contributed by atoms with Crippen molar-refractivity contribution in [2.75, 3.05) is 32.4 Å². The van der Waals surface area contributed by atoms with Crippen molar-refractivity contribution in [2.45, 2.75) is 25.9 Å². The fourth-order valence-corrected chi connectivity index (χ4v) is 2.80. The van der Waals surface area contributed by atoms with Gasteiger partial charge in [0.1, 0.15) is 0 Å². The average Bonchev–Trinajstić information content (AvgIpc) is 2.28. The number of halogens is 1. The highest BCUT2D eigenvalue weighted by Crippen LogP contribution is 2.24. The standard InChI is InChI=1S/C14H22BrN3/c1-14(2)10-18(7-6-17(14)3)9-11-8-12(16)4-5-13(11)15/h4-5,8H,6-7,9-10,16H2,1-3H3. The lowest BCUT2D eigenvalue weighted by Gasteiger charge is -2.45. The molecule has 3 nitrogen and oxygen atoms in total. The van der Waals surface area contributed by atoms with E-state index in [-0.39, 0.29) is 5.54 Å². The summed E-state index contributed by atoms with van der Waals surface area (Å²) in [5, 5.41) is 0. The first kappa shape index (κ1) is 13.8. The summed E-state index contributed by atoms with van der Waals surface area (Å²) in [7, 11) is 2.20. The molecule has 4 heteroatoms. The highest BCUT2D eigenvalue weighted by Gasteiger charge is 2.30. The minimum absolute atomic E-state index is 0.241. The van der Waals surface area contributed by atoms with Crippen LogP contribution in [-0.4, -0.2) is 42.0 Å². The van der Waals surface area contributed by atoms with Crippen LogP contribution >= 0.6 is 15.9 Å². The zero-order chi connectivity index (χ0) is 13.3. The number of piperazine rings is 1. The van der Waals surface area contributed by atoms with Crippen LogP contribution in [-0.2, 0) is 6.54 Å². The van der Waals surface area contributed by atoms with Crippen molar-refractivity contribution in [1.29, 1.82) is 0 Å². The molecule has 18 heavy (non-hydrogen) atoms. The van der Waals surface area contributed by atoms with Crippen LogP contribution in [0.3, 0.4) is 0 Å². The largest absolute Gasteiger partial charge is 0.399 e. The molecule has 0 bridgehead atoms. The van der Waals surface area contributed by atoms with E-state index in [0.717, 1.165) is 36.3 Å². The molecule has 0 unspecified atom stereocenters. The molecule has 1 aromatic carbocycles.